The molecule has 0 saturated carbocycles. The Morgan fingerprint density at radius 2 is 2.14 bits per heavy atom. The summed E-state index contributed by atoms with van der Waals surface area (Å²) in [5.41, 5.74) is -0.465. The van der Waals surface area contributed by atoms with Crippen molar-refractivity contribution in [2.45, 2.75) is 12.6 Å². The van der Waals surface area contributed by atoms with Gasteiger partial charge in [-0.3, -0.25) is 9.78 Å². The van der Waals surface area contributed by atoms with Gasteiger partial charge in [0.25, 0.3) is 5.56 Å². The molecule has 0 spiro atoms. The molecule has 0 fully saturated rings. The number of halogens is 4. The molecule has 0 amide bonds. The van der Waals surface area contributed by atoms with Crippen molar-refractivity contribution in [3.63, 3.8) is 0 Å². The second-order valence-electron chi connectivity index (χ2n) is 4.47. The van der Waals surface area contributed by atoms with Crippen LogP contribution >= 0.6 is 22.9 Å². The maximum absolute atomic E-state index is 12.6. The van der Waals surface area contributed by atoms with E-state index in [0.29, 0.717) is 22.2 Å². The molecular formula is C13H7ClF3N3OS. The number of aromatic nitrogens is 3. The number of H-pyrrole nitrogens is 1. The number of hydrogen-bond donors (Lipinski definition) is 1. The van der Waals surface area contributed by atoms with Crippen LogP contribution in [0.3, 0.4) is 0 Å². The molecule has 0 aliphatic rings. The van der Waals surface area contributed by atoms with Crippen LogP contribution in [0.1, 0.15) is 17.1 Å². The number of thiophene rings is 1. The summed E-state index contributed by atoms with van der Waals surface area (Å²) in [5.74, 6) is 0.296. The van der Waals surface area contributed by atoms with Crippen LogP contribution in [-0.2, 0) is 12.6 Å². The standard InChI is InChI=1S/C13H7ClF3N3OS/c14-7-3-6(13(15,16)17)5-18-9(7)4-10-19-8-1-2-22-11(8)12(21)20-10/h1-3,5H,4H2,(H,19,20,21). The number of fused-ring (bicyclic) bond motifs is 1. The summed E-state index contributed by atoms with van der Waals surface area (Å²) in [6.45, 7) is 0. The second kappa shape index (κ2) is 5.36. The molecular weight excluding hydrogens is 339 g/mol. The summed E-state index contributed by atoms with van der Waals surface area (Å²) >= 11 is 7.11. The Labute approximate surface area is 130 Å². The first-order valence-corrected chi connectivity index (χ1v) is 7.28. The Kier molecular flexibility index (Phi) is 3.65. The van der Waals surface area contributed by atoms with Gasteiger partial charge in [0.1, 0.15) is 10.5 Å². The fourth-order valence-corrected chi connectivity index (χ4v) is 2.87. The van der Waals surface area contributed by atoms with E-state index in [0.717, 1.165) is 6.07 Å². The third-order valence-electron chi connectivity index (χ3n) is 2.94. The van der Waals surface area contributed by atoms with Crippen molar-refractivity contribution >= 4 is 33.2 Å². The smallest absolute Gasteiger partial charge is 0.309 e. The van der Waals surface area contributed by atoms with Gasteiger partial charge in [-0.1, -0.05) is 11.6 Å². The van der Waals surface area contributed by atoms with Crippen molar-refractivity contribution in [1.82, 2.24) is 15.0 Å². The lowest BCUT2D eigenvalue weighted by atomic mass is 10.2. The quantitative estimate of drug-likeness (QED) is 0.771. The highest BCUT2D eigenvalue weighted by Crippen LogP contribution is 2.31. The van der Waals surface area contributed by atoms with E-state index in [2.05, 4.69) is 15.0 Å². The molecule has 3 rings (SSSR count). The van der Waals surface area contributed by atoms with Gasteiger partial charge in [-0.05, 0) is 17.5 Å². The zero-order valence-corrected chi connectivity index (χ0v) is 12.3. The number of nitrogens with one attached hydrogen (secondary N) is 1. The van der Waals surface area contributed by atoms with Crippen LogP contribution in [0.25, 0.3) is 10.2 Å². The third kappa shape index (κ3) is 2.84. The van der Waals surface area contributed by atoms with Crippen LogP contribution in [0.2, 0.25) is 5.02 Å². The van der Waals surface area contributed by atoms with E-state index in [-0.39, 0.29) is 22.7 Å². The molecule has 4 nitrogen and oxygen atoms in total. The van der Waals surface area contributed by atoms with Gasteiger partial charge < -0.3 is 4.98 Å². The van der Waals surface area contributed by atoms with Gasteiger partial charge in [0, 0.05) is 12.6 Å². The van der Waals surface area contributed by atoms with E-state index in [4.69, 9.17) is 11.6 Å². The van der Waals surface area contributed by atoms with Gasteiger partial charge in [-0.2, -0.15) is 13.2 Å². The fraction of sp³-hybridized carbons (Fsp3) is 0.154. The number of hydrogen-bond acceptors (Lipinski definition) is 4. The van der Waals surface area contributed by atoms with Crippen molar-refractivity contribution in [3.8, 4) is 0 Å². The zero-order chi connectivity index (χ0) is 15.9. The Morgan fingerprint density at radius 1 is 1.36 bits per heavy atom. The molecule has 9 heteroatoms. The summed E-state index contributed by atoms with van der Waals surface area (Å²) in [6, 6.07) is 2.51. The first kappa shape index (κ1) is 15.0. The summed E-state index contributed by atoms with van der Waals surface area (Å²) in [7, 11) is 0. The Morgan fingerprint density at radius 3 is 2.82 bits per heavy atom. The summed E-state index contributed by atoms with van der Waals surface area (Å²) in [5, 5.41) is 1.61. The van der Waals surface area contributed by atoms with Gasteiger partial charge in [0.15, 0.2) is 0 Å². The van der Waals surface area contributed by atoms with E-state index >= 15 is 0 Å². The maximum Gasteiger partial charge on any atom is 0.417 e. The molecule has 0 aliphatic carbocycles. The van der Waals surface area contributed by atoms with E-state index < -0.39 is 11.7 Å². The highest BCUT2D eigenvalue weighted by atomic mass is 35.5. The monoisotopic (exact) mass is 345 g/mol. The van der Waals surface area contributed by atoms with E-state index in [9.17, 15) is 18.0 Å². The average molecular weight is 346 g/mol. The summed E-state index contributed by atoms with van der Waals surface area (Å²) in [4.78, 5) is 22.4. The third-order valence-corrected chi connectivity index (χ3v) is 4.17. The van der Waals surface area contributed by atoms with Crippen LogP contribution in [0.5, 0.6) is 0 Å². The molecule has 0 atom stereocenters. The average Bonchev–Trinajstić information content (AvgIpc) is 2.88. The predicted molar refractivity (Wildman–Crippen MR) is 77.3 cm³/mol. The zero-order valence-electron chi connectivity index (χ0n) is 10.7. The first-order chi connectivity index (χ1) is 10.3. The van der Waals surface area contributed by atoms with Gasteiger partial charge in [-0.15, -0.1) is 11.3 Å². The number of rotatable bonds is 2. The molecule has 3 aromatic heterocycles. The highest BCUT2D eigenvalue weighted by Gasteiger charge is 2.31. The molecule has 3 aromatic rings. The Balaban J connectivity index is 1.96. The van der Waals surface area contributed by atoms with Gasteiger partial charge in [-0.25, -0.2) is 4.98 Å². The molecule has 0 unspecified atom stereocenters. The SMILES string of the molecule is O=c1[nH]c(Cc2ncc(C(F)(F)F)cc2Cl)nc2ccsc12. The maximum atomic E-state index is 12.6. The molecule has 1 N–H and O–H groups in total. The number of aromatic amines is 1. The van der Waals surface area contributed by atoms with E-state index in [1.54, 1.807) is 11.4 Å². The van der Waals surface area contributed by atoms with Crippen LogP contribution in [0, 0.1) is 0 Å². The first-order valence-electron chi connectivity index (χ1n) is 6.02. The Hall–Kier alpha value is -1.93. The van der Waals surface area contributed by atoms with Crippen molar-refractivity contribution in [2.24, 2.45) is 0 Å². The largest absolute Gasteiger partial charge is 0.417 e. The van der Waals surface area contributed by atoms with Crippen LogP contribution in [0.15, 0.2) is 28.5 Å². The lowest BCUT2D eigenvalue weighted by molar-refractivity contribution is -0.137. The van der Waals surface area contributed by atoms with Gasteiger partial charge >= 0.3 is 6.18 Å². The fourth-order valence-electron chi connectivity index (χ4n) is 1.92. The van der Waals surface area contributed by atoms with Gasteiger partial charge in [0.05, 0.1) is 21.8 Å². The van der Waals surface area contributed by atoms with Crippen LogP contribution in [0.4, 0.5) is 13.2 Å². The van der Waals surface area contributed by atoms with E-state index in [1.165, 1.54) is 11.3 Å². The van der Waals surface area contributed by atoms with Crippen molar-refractivity contribution in [2.75, 3.05) is 0 Å². The number of pyridine rings is 1. The van der Waals surface area contributed by atoms with E-state index in [1.807, 2.05) is 0 Å². The lowest BCUT2D eigenvalue weighted by Gasteiger charge is -2.09. The summed E-state index contributed by atoms with van der Waals surface area (Å²) in [6.07, 6.45) is -3.75. The number of alkyl halides is 3. The normalized spacial score (nSPS) is 12.0. The molecule has 0 aromatic carbocycles. The predicted octanol–water partition coefficient (Wildman–Crippen LogP) is 3.64. The minimum atomic E-state index is -4.50. The molecule has 114 valence electrons. The summed E-state index contributed by atoms with van der Waals surface area (Å²) < 4.78 is 38.2. The second-order valence-corrected chi connectivity index (χ2v) is 5.80. The van der Waals surface area contributed by atoms with Crippen LogP contribution < -0.4 is 5.56 Å². The molecule has 0 saturated heterocycles. The molecule has 0 aliphatic heterocycles. The van der Waals surface area contributed by atoms with Crippen LogP contribution in [-0.4, -0.2) is 15.0 Å². The lowest BCUT2D eigenvalue weighted by Crippen LogP contribution is -2.12. The van der Waals surface area contributed by atoms with Gasteiger partial charge in [0.2, 0.25) is 0 Å². The molecule has 0 bridgehead atoms. The topological polar surface area (TPSA) is 58.6 Å². The van der Waals surface area contributed by atoms with Crippen molar-refractivity contribution in [1.29, 1.82) is 0 Å². The highest BCUT2D eigenvalue weighted by molar-refractivity contribution is 7.17. The molecule has 3 heterocycles. The number of nitrogens with zero attached hydrogens (tertiary/aromatic N) is 2. The minimum absolute atomic E-state index is 0.0397. The molecule has 22 heavy (non-hydrogen) atoms. The van der Waals surface area contributed by atoms with Crippen molar-refractivity contribution < 1.29 is 13.2 Å². The van der Waals surface area contributed by atoms with Crippen molar-refractivity contribution in [3.05, 3.63) is 56.2 Å². The minimum Gasteiger partial charge on any atom is -0.309 e. The Bertz CT molecular complexity index is 903. The molecule has 0 radical (unpaired) electrons.